The molecule has 0 aliphatic heterocycles. The highest BCUT2D eigenvalue weighted by Gasteiger charge is 2.09. The van der Waals surface area contributed by atoms with Gasteiger partial charge >= 0.3 is 0 Å². The lowest BCUT2D eigenvalue weighted by molar-refractivity contribution is 0.320. The molecule has 0 atom stereocenters. The van der Waals surface area contributed by atoms with Gasteiger partial charge in [0, 0.05) is 38.6 Å². The molecule has 17 heavy (non-hydrogen) atoms. The van der Waals surface area contributed by atoms with Gasteiger partial charge in [0.05, 0.1) is 0 Å². The van der Waals surface area contributed by atoms with Crippen LogP contribution in [0.15, 0.2) is 35.7 Å². The lowest BCUT2D eigenvalue weighted by Gasteiger charge is -2.28. The van der Waals surface area contributed by atoms with Crippen LogP contribution in [0.4, 0.5) is 0 Å². The molecule has 2 heteroatoms. The third kappa shape index (κ3) is 4.29. The molecule has 0 bridgehead atoms. The van der Waals surface area contributed by atoms with Crippen LogP contribution >= 0.6 is 0 Å². The third-order valence-electron chi connectivity index (χ3n) is 3.47. The second-order valence-electron chi connectivity index (χ2n) is 4.89. The van der Waals surface area contributed by atoms with E-state index in [2.05, 4.69) is 56.5 Å². The summed E-state index contributed by atoms with van der Waals surface area (Å²) in [4.78, 5) is 4.62. The molecule has 0 N–H and O–H groups in total. The van der Waals surface area contributed by atoms with Gasteiger partial charge in [-0.05, 0) is 32.3 Å². The molecule has 0 aromatic carbocycles. The molecule has 0 heterocycles. The van der Waals surface area contributed by atoms with E-state index in [1.165, 1.54) is 29.8 Å². The fraction of sp³-hybridized carbons (Fsp3) is 0.600. The quantitative estimate of drug-likeness (QED) is 0.695. The maximum absolute atomic E-state index is 4.06. The number of nitrogens with zero attached hydrogens (tertiary/aromatic N) is 2. The summed E-state index contributed by atoms with van der Waals surface area (Å²) < 4.78 is 0. The lowest BCUT2D eigenvalue weighted by atomic mass is 10.0. The smallest absolute Gasteiger partial charge is 0.0347 e. The molecule has 0 spiro atoms. The van der Waals surface area contributed by atoms with Crippen LogP contribution in [0.3, 0.4) is 0 Å². The van der Waals surface area contributed by atoms with Gasteiger partial charge in [-0.15, -0.1) is 0 Å². The summed E-state index contributed by atoms with van der Waals surface area (Å²) in [5, 5.41) is 0. The van der Waals surface area contributed by atoms with Crippen LogP contribution in [-0.2, 0) is 0 Å². The van der Waals surface area contributed by atoms with Gasteiger partial charge in [-0.3, -0.25) is 0 Å². The molecule has 0 amide bonds. The minimum atomic E-state index is 1.03. The second kappa shape index (κ2) is 6.53. The zero-order valence-corrected chi connectivity index (χ0v) is 11.8. The lowest BCUT2D eigenvalue weighted by Crippen LogP contribution is -2.30. The predicted molar refractivity (Wildman–Crippen MR) is 75.8 cm³/mol. The van der Waals surface area contributed by atoms with Gasteiger partial charge < -0.3 is 9.80 Å². The van der Waals surface area contributed by atoms with Crippen molar-refractivity contribution in [1.82, 2.24) is 9.80 Å². The summed E-state index contributed by atoms with van der Waals surface area (Å²) in [5.74, 6) is 0. The van der Waals surface area contributed by atoms with E-state index in [0.717, 1.165) is 19.5 Å². The molecule has 1 rings (SSSR count). The molecular weight excluding hydrogens is 208 g/mol. The van der Waals surface area contributed by atoms with Gasteiger partial charge in [0.15, 0.2) is 0 Å². The van der Waals surface area contributed by atoms with E-state index in [9.17, 15) is 0 Å². The van der Waals surface area contributed by atoms with Crippen molar-refractivity contribution in [2.45, 2.75) is 33.1 Å². The molecule has 0 saturated carbocycles. The van der Waals surface area contributed by atoms with Crippen molar-refractivity contribution in [3.63, 3.8) is 0 Å². The highest BCUT2D eigenvalue weighted by Crippen LogP contribution is 2.19. The van der Waals surface area contributed by atoms with E-state index in [-0.39, 0.29) is 0 Å². The van der Waals surface area contributed by atoms with Gasteiger partial charge in [-0.2, -0.15) is 0 Å². The molecule has 0 aromatic rings. The molecule has 1 aliphatic carbocycles. The van der Waals surface area contributed by atoms with Crippen LogP contribution in [0, 0.1) is 0 Å². The molecule has 0 unspecified atom stereocenters. The second-order valence-corrected chi connectivity index (χ2v) is 4.89. The van der Waals surface area contributed by atoms with Crippen LogP contribution in [0.25, 0.3) is 0 Å². The van der Waals surface area contributed by atoms with E-state index in [4.69, 9.17) is 0 Å². The number of hydrogen-bond donors (Lipinski definition) is 0. The summed E-state index contributed by atoms with van der Waals surface area (Å²) >= 11 is 0. The third-order valence-corrected chi connectivity index (χ3v) is 3.47. The number of likely N-dealkylation sites (N-methyl/N-ethyl adjacent to an activating group) is 2. The predicted octanol–water partition coefficient (Wildman–Crippen LogP) is 3.40. The van der Waals surface area contributed by atoms with E-state index >= 15 is 0 Å². The largest absolute Gasteiger partial charge is 0.377 e. The first kappa shape index (κ1) is 13.9. The Morgan fingerprint density at radius 2 is 2.06 bits per heavy atom. The maximum Gasteiger partial charge on any atom is 0.0347 e. The molecule has 1 aliphatic rings. The van der Waals surface area contributed by atoms with E-state index < -0.39 is 0 Å². The van der Waals surface area contributed by atoms with E-state index in [0.29, 0.717) is 0 Å². The average Bonchev–Trinajstić information content (AvgIpc) is 2.34. The van der Waals surface area contributed by atoms with E-state index in [1.54, 1.807) is 0 Å². The number of rotatable bonds is 6. The topological polar surface area (TPSA) is 6.48 Å². The Labute approximate surface area is 106 Å². The van der Waals surface area contributed by atoms with Gasteiger partial charge in [-0.25, -0.2) is 0 Å². The Hall–Kier alpha value is -1.18. The highest BCUT2D eigenvalue weighted by molar-refractivity contribution is 5.25. The molecule has 0 radical (unpaired) electrons. The van der Waals surface area contributed by atoms with Crippen molar-refractivity contribution in [3.8, 4) is 0 Å². The first-order valence-electron chi connectivity index (χ1n) is 6.52. The molecule has 2 nitrogen and oxygen atoms in total. The Kier molecular flexibility index (Phi) is 5.33. The van der Waals surface area contributed by atoms with Gasteiger partial charge in [0.1, 0.15) is 0 Å². The summed E-state index contributed by atoms with van der Waals surface area (Å²) in [6.45, 7) is 10.5. The van der Waals surface area contributed by atoms with Crippen molar-refractivity contribution >= 4 is 0 Å². The van der Waals surface area contributed by atoms with Gasteiger partial charge in [0.25, 0.3) is 0 Å². The Morgan fingerprint density at radius 3 is 2.65 bits per heavy atom. The van der Waals surface area contributed by atoms with Crippen molar-refractivity contribution in [2.24, 2.45) is 0 Å². The Balaban J connectivity index is 2.42. The number of allylic oxidation sites excluding steroid dienone is 5. The van der Waals surface area contributed by atoms with Crippen LogP contribution in [0.5, 0.6) is 0 Å². The number of hydrogen-bond acceptors (Lipinski definition) is 2. The molecule has 0 saturated heterocycles. The highest BCUT2D eigenvalue weighted by atomic mass is 15.2. The van der Waals surface area contributed by atoms with Crippen molar-refractivity contribution in [2.75, 3.05) is 27.2 Å². The first-order valence-corrected chi connectivity index (χ1v) is 6.52. The standard InChI is InChI=1S/C15H26N2/c1-6-14(3)16(4)10-11-17(5)15-9-7-8-13(2)12-15/h8,12H,3,6-7,9-11H2,1-2,4-5H3. The van der Waals surface area contributed by atoms with Crippen LogP contribution < -0.4 is 0 Å². The Morgan fingerprint density at radius 1 is 1.35 bits per heavy atom. The Bertz CT molecular complexity index is 326. The SMILES string of the molecule is C=C(CC)N(C)CCN(C)C1=CC(C)=CCC1. The maximum atomic E-state index is 4.06. The summed E-state index contributed by atoms with van der Waals surface area (Å²) in [5.41, 5.74) is 4.07. The van der Waals surface area contributed by atoms with Crippen LogP contribution in [0.2, 0.25) is 0 Å². The fourth-order valence-corrected chi connectivity index (χ4v) is 2.01. The minimum absolute atomic E-state index is 1.03. The van der Waals surface area contributed by atoms with Crippen molar-refractivity contribution in [3.05, 3.63) is 35.7 Å². The van der Waals surface area contributed by atoms with E-state index in [1.807, 2.05) is 0 Å². The zero-order chi connectivity index (χ0) is 12.8. The fourth-order valence-electron chi connectivity index (χ4n) is 2.01. The summed E-state index contributed by atoms with van der Waals surface area (Å²) in [6, 6.07) is 0. The summed E-state index contributed by atoms with van der Waals surface area (Å²) in [7, 11) is 4.31. The van der Waals surface area contributed by atoms with Gasteiger partial charge in [-0.1, -0.05) is 25.2 Å². The summed E-state index contributed by atoms with van der Waals surface area (Å²) in [6.07, 6.45) is 8.00. The molecule has 0 aromatic heterocycles. The monoisotopic (exact) mass is 234 g/mol. The molecular formula is C15H26N2. The van der Waals surface area contributed by atoms with Crippen LogP contribution in [0.1, 0.15) is 33.1 Å². The van der Waals surface area contributed by atoms with Crippen LogP contribution in [-0.4, -0.2) is 37.0 Å². The first-order chi connectivity index (χ1) is 8.04. The van der Waals surface area contributed by atoms with Crippen molar-refractivity contribution in [1.29, 1.82) is 0 Å². The normalized spacial score (nSPS) is 15.1. The molecule has 96 valence electrons. The minimum Gasteiger partial charge on any atom is -0.377 e. The van der Waals surface area contributed by atoms with Gasteiger partial charge in [0.2, 0.25) is 0 Å². The average molecular weight is 234 g/mol. The molecule has 0 fully saturated rings. The van der Waals surface area contributed by atoms with Crippen molar-refractivity contribution < 1.29 is 0 Å². The zero-order valence-electron chi connectivity index (χ0n) is 11.8.